The molecule has 1 aromatic heterocycles. The number of fused-ring (bicyclic) bond motifs is 2. The molecule has 0 radical (unpaired) electrons. The van der Waals surface area contributed by atoms with Crippen LogP contribution in [0, 0.1) is 0 Å². The van der Waals surface area contributed by atoms with Gasteiger partial charge < -0.3 is 14.6 Å². The molecule has 1 N–H and O–H groups in total. The molecule has 2 aromatic carbocycles. The molecule has 0 spiro atoms. The van der Waals surface area contributed by atoms with Gasteiger partial charge in [-0.15, -0.1) is 0 Å². The fourth-order valence-electron chi connectivity index (χ4n) is 3.70. The van der Waals surface area contributed by atoms with Gasteiger partial charge in [-0.1, -0.05) is 24.3 Å². The molecule has 4 rings (SSSR count). The molecule has 0 fully saturated rings. The van der Waals surface area contributed by atoms with E-state index in [1.54, 1.807) is 18.5 Å². The highest BCUT2D eigenvalue weighted by molar-refractivity contribution is 5.99. The summed E-state index contributed by atoms with van der Waals surface area (Å²) in [5.74, 6) is -1.26. The minimum Gasteiger partial charge on any atom is -0.480 e. The summed E-state index contributed by atoms with van der Waals surface area (Å²) in [5, 5.41) is 9.66. The summed E-state index contributed by atoms with van der Waals surface area (Å²) < 4.78 is 2.04. The molecule has 6 heteroatoms. The average molecular weight is 363 g/mol. The normalized spacial score (nSPS) is 16.6. The maximum absolute atomic E-state index is 13.1. The third-order valence-corrected chi connectivity index (χ3v) is 5.17. The number of nitrogens with zero attached hydrogens (tertiary/aromatic N) is 3. The number of imidazole rings is 1. The van der Waals surface area contributed by atoms with Gasteiger partial charge in [0.1, 0.15) is 6.04 Å². The van der Waals surface area contributed by atoms with Crippen LogP contribution in [-0.2, 0) is 17.8 Å². The zero-order chi connectivity index (χ0) is 19.1. The van der Waals surface area contributed by atoms with E-state index in [4.69, 9.17) is 0 Å². The first-order chi connectivity index (χ1) is 13.0. The summed E-state index contributed by atoms with van der Waals surface area (Å²) in [6.07, 6.45) is 2.09. The first kappa shape index (κ1) is 17.3. The molecule has 0 aliphatic carbocycles. The highest BCUT2D eigenvalue weighted by Gasteiger charge is 2.35. The van der Waals surface area contributed by atoms with Gasteiger partial charge in [-0.3, -0.25) is 4.79 Å². The van der Waals surface area contributed by atoms with E-state index in [0.717, 1.165) is 22.2 Å². The van der Waals surface area contributed by atoms with E-state index in [0.29, 0.717) is 18.5 Å². The Labute approximate surface area is 157 Å². The maximum Gasteiger partial charge on any atom is 0.326 e. The molecule has 6 nitrogen and oxygen atoms in total. The lowest BCUT2D eigenvalue weighted by Gasteiger charge is -2.34. The second-order valence-corrected chi connectivity index (χ2v) is 7.21. The van der Waals surface area contributed by atoms with Gasteiger partial charge >= 0.3 is 5.97 Å². The molecule has 1 aliphatic rings. The highest BCUT2D eigenvalue weighted by atomic mass is 16.4. The summed E-state index contributed by atoms with van der Waals surface area (Å²) in [7, 11) is 0. The third-order valence-electron chi connectivity index (χ3n) is 5.17. The summed E-state index contributed by atoms with van der Waals surface area (Å²) >= 11 is 0. The number of carbonyl (C=O) groups is 2. The Kier molecular flexibility index (Phi) is 4.18. The lowest BCUT2D eigenvalue weighted by Crippen LogP contribution is -2.48. The van der Waals surface area contributed by atoms with E-state index in [-0.39, 0.29) is 11.9 Å². The van der Waals surface area contributed by atoms with E-state index >= 15 is 0 Å². The van der Waals surface area contributed by atoms with Crippen molar-refractivity contribution in [1.29, 1.82) is 0 Å². The Balaban J connectivity index is 1.70. The molecular weight excluding hydrogens is 342 g/mol. The fourth-order valence-corrected chi connectivity index (χ4v) is 3.70. The van der Waals surface area contributed by atoms with Crippen LogP contribution in [0.15, 0.2) is 48.8 Å². The second kappa shape index (κ2) is 6.54. The van der Waals surface area contributed by atoms with Gasteiger partial charge in [-0.05, 0) is 43.2 Å². The van der Waals surface area contributed by atoms with Crippen molar-refractivity contribution in [3.8, 4) is 0 Å². The number of aromatic nitrogens is 2. The van der Waals surface area contributed by atoms with E-state index in [2.05, 4.69) is 18.8 Å². The predicted molar refractivity (Wildman–Crippen MR) is 102 cm³/mol. The number of aliphatic carboxylic acids is 1. The van der Waals surface area contributed by atoms with Crippen LogP contribution in [0.4, 0.5) is 0 Å². The highest BCUT2D eigenvalue weighted by Crippen LogP contribution is 2.26. The lowest BCUT2D eigenvalue weighted by molar-refractivity contribution is -0.142. The van der Waals surface area contributed by atoms with Crippen molar-refractivity contribution in [2.24, 2.45) is 0 Å². The van der Waals surface area contributed by atoms with Crippen LogP contribution in [-0.4, -0.2) is 37.5 Å². The molecule has 0 unspecified atom stereocenters. The monoisotopic (exact) mass is 363 g/mol. The van der Waals surface area contributed by atoms with Gasteiger partial charge in [-0.25, -0.2) is 9.78 Å². The van der Waals surface area contributed by atoms with Crippen molar-refractivity contribution < 1.29 is 14.7 Å². The molecule has 0 bridgehead atoms. The van der Waals surface area contributed by atoms with Gasteiger partial charge in [0.15, 0.2) is 0 Å². The molecule has 138 valence electrons. The summed E-state index contributed by atoms with van der Waals surface area (Å²) in [4.78, 5) is 30.8. The fraction of sp³-hybridized carbons (Fsp3) is 0.286. The topological polar surface area (TPSA) is 75.4 Å². The van der Waals surface area contributed by atoms with Crippen LogP contribution in [0.1, 0.15) is 41.4 Å². The number of carboxylic acid groups (broad SMARTS) is 1. The number of carboxylic acids is 1. The zero-order valence-corrected chi connectivity index (χ0v) is 15.3. The standard InChI is InChI=1S/C21H21N3O3/c1-13(2)24-12-22-17-9-15(7-8-18(17)24)20(25)23-11-16-6-4-3-5-14(16)10-19(23)21(26)27/h3-9,12-13,19H,10-11H2,1-2H3,(H,26,27)/t19-/m1/s1. The molecule has 1 atom stereocenters. The predicted octanol–water partition coefficient (Wildman–Crippen LogP) is 3.27. The molecule has 2 heterocycles. The number of hydrogen-bond acceptors (Lipinski definition) is 3. The number of amides is 1. The molecular formula is C21H21N3O3. The number of hydrogen-bond donors (Lipinski definition) is 1. The maximum atomic E-state index is 13.1. The minimum atomic E-state index is -0.983. The molecule has 0 saturated carbocycles. The van der Waals surface area contributed by atoms with Crippen molar-refractivity contribution in [2.45, 2.75) is 38.9 Å². The third kappa shape index (κ3) is 2.97. The van der Waals surface area contributed by atoms with Gasteiger partial charge in [0.25, 0.3) is 5.91 Å². The van der Waals surface area contributed by atoms with Crippen LogP contribution in [0.5, 0.6) is 0 Å². The molecule has 0 saturated heterocycles. The van der Waals surface area contributed by atoms with Crippen molar-refractivity contribution >= 4 is 22.9 Å². The molecule has 1 amide bonds. The molecule has 3 aromatic rings. The van der Waals surface area contributed by atoms with Crippen LogP contribution >= 0.6 is 0 Å². The van der Waals surface area contributed by atoms with E-state index in [1.807, 2.05) is 34.9 Å². The average Bonchev–Trinajstić information content (AvgIpc) is 3.09. The van der Waals surface area contributed by atoms with E-state index in [9.17, 15) is 14.7 Å². The van der Waals surface area contributed by atoms with Gasteiger partial charge in [-0.2, -0.15) is 0 Å². The van der Waals surface area contributed by atoms with Gasteiger partial charge in [0.05, 0.1) is 17.4 Å². The summed E-state index contributed by atoms with van der Waals surface area (Å²) in [6, 6.07) is 12.5. The Hall–Kier alpha value is -3.15. The van der Waals surface area contributed by atoms with Crippen molar-refractivity contribution in [3.05, 3.63) is 65.5 Å². The molecule has 27 heavy (non-hydrogen) atoms. The first-order valence-corrected chi connectivity index (χ1v) is 9.03. The lowest BCUT2D eigenvalue weighted by atomic mass is 9.93. The summed E-state index contributed by atoms with van der Waals surface area (Å²) in [6.45, 7) is 4.44. The van der Waals surface area contributed by atoms with E-state index < -0.39 is 12.0 Å². The smallest absolute Gasteiger partial charge is 0.326 e. The van der Waals surface area contributed by atoms with Crippen molar-refractivity contribution in [2.75, 3.05) is 0 Å². The Morgan fingerprint density at radius 1 is 1.15 bits per heavy atom. The number of rotatable bonds is 3. The van der Waals surface area contributed by atoms with Crippen molar-refractivity contribution in [3.63, 3.8) is 0 Å². The largest absolute Gasteiger partial charge is 0.480 e. The summed E-state index contributed by atoms with van der Waals surface area (Å²) in [5.41, 5.74) is 4.13. The Bertz CT molecular complexity index is 1040. The van der Waals surface area contributed by atoms with Crippen LogP contribution in [0.25, 0.3) is 11.0 Å². The number of benzene rings is 2. The van der Waals surface area contributed by atoms with Crippen molar-refractivity contribution in [1.82, 2.24) is 14.5 Å². The Morgan fingerprint density at radius 2 is 1.89 bits per heavy atom. The number of carbonyl (C=O) groups excluding carboxylic acids is 1. The zero-order valence-electron chi connectivity index (χ0n) is 15.3. The second-order valence-electron chi connectivity index (χ2n) is 7.21. The van der Waals surface area contributed by atoms with E-state index in [1.165, 1.54) is 4.90 Å². The van der Waals surface area contributed by atoms with Crippen LogP contribution in [0.2, 0.25) is 0 Å². The van der Waals surface area contributed by atoms with Gasteiger partial charge in [0.2, 0.25) is 0 Å². The SMILES string of the molecule is CC(C)n1cnc2cc(C(=O)N3Cc4ccccc4C[C@@H]3C(=O)O)ccc21. The quantitative estimate of drug-likeness (QED) is 0.775. The van der Waals surface area contributed by atoms with Crippen LogP contribution in [0.3, 0.4) is 0 Å². The van der Waals surface area contributed by atoms with Crippen LogP contribution < -0.4 is 0 Å². The molecule has 1 aliphatic heterocycles. The first-order valence-electron chi connectivity index (χ1n) is 9.03. The minimum absolute atomic E-state index is 0.270. The Morgan fingerprint density at radius 3 is 2.59 bits per heavy atom. The van der Waals surface area contributed by atoms with Gasteiger partial charge in [0, 0.05) is 24.6 Å².